The van der Waals surface area contributed by atoms with E-state index in [1.54, 1.807) is 6.07 Å². The SMILES string of the molecule is CCC1CCC(CC[SiH]2CCC(c3ccc(F)c(F)c3)CC2)CC1. The van der Waals surface area contributed by atoms with Gasteiger partial charge in [-0.15, -0.1) is 0 Å². The standard InChI is InChI=1S/C21H32F2Si/c1-2-16-3-5-17(6-4-16)9-12-24-13-10-18(11-14-24)19-7-8-20(22)21(23)15-19/h7-8,15-18,24H,2-6,9-14H2,1H3. The van der Waals surface area contributed by atoms with E-state index in [-0.39, 0.29) is 0 Å². The van der Waals surface area contributed by atoms with Gasteiger partial charge in [0.15, 0.2) is 11.6 Å². The lowest BCUT2D eigenvalue weighted by molar-refractivity contribution is 0.264. The Hall–Kier alpha value is -0.703. The second-order valence-electron chi connectivity index (χ2n) is 8.26. The third kappa shape index (κ3) is 4.68. The zero-order chi connectivity index (χ0) is 16.9. The summed E-state index contributed by atoms with van der Waals surface area (Å²) in [6.07, 6.45) is 11.1. The van der Waals surface area contributed by atoms with Crippen LogP contribution in [-0.2, 0) is 0 Å². The van der Waals surface area contributed by atoms with E-state index >= 15 is 0 Å². The van der Waals surface area contributed by atoms with E-state index in [0.717, 1.165) is 17.4 Å². The molecule has 1 aliphatic heterocycles. The van der Waals surface area contributed by atoms with Crippen LogP contribution in [0.15, 0.2) is 18.2 Å². The molecular formula is C21H32F2Si. The molecule has 1 aromatic carbocycles. The van der Waals surface area contributed by atoms with Gasteiger partial charge in [0.25, 0.3) is 0 Å². The summed E-state index contributed by atoms with van der Waals surface area (Å²) < 4.78 is 26.5. The predicted molar refractivity (Wildman–Crippen MR) is 100 cm³/mol. The third-order valence-electron chi connectivity index (χ3n) is 6.79. The summed E-state index contributed by atoms with van der Waals surface area (Å²) in [5.41, 5.74) is 1.01. The zero-order valence-electron chi connectivity index (χ0n) is 15.1. The molecule has 2 fully saturated rings. The monoisotopic (exact) mass is 350 g/mol. The summed E-state index contributed by atoms with van der Waals surface area (Å²) in [5.74, 6) is 1.06. The summed E-state index contributed by atoms with van der Waals surface area (Å²) >= 11 is 0. The fourth-order valence-corrected chi connectivity index (χ4v) is 8.51. The van der Waals surface area contributed by atoms with Crippen LogP contribution in [0.1, 0.15) is 69.8 Å². The molecule has 0 N–H and O–H groups in total. The number of hydrogen-bond donors (Lipinski definition) is 0. The Balaban J connectivity index is 1.40. The van der Waals surface area contributed by atoms with Crippen molar-refractivity contribution in [2.45, 2.75) is 82.3 Å². The molecule has 2 aliphatic rings. The Bertz CT molecular complexity index is 515. The van der Waals surface area contributed by atoms with Crippen molar-refractivity contribution in [1.82, 2.24) is 0 Å². The van der Waals surface area contributed by atoms with Gasteiger partial charge in [0.2, 0.25) is 0 Å². The molecule has 1 aliphatic carbocycles. The normalized spacial score (nSPS) is 31.1. The Morgan fingerprint density at radius 3 is 2.21 bits per heavy atom. The third-order valence-corrected chi connectivity index (χ3v) is 10.2. The van der Waals surface area contributed by atoms with Crippen LogP contribution in [-0.4, -0.2) is 8.80 Å². The highest BCUT2D eigenvalue weighted by atomic mass is 28.3. The Morgan fingerprint density at radius 2 is 1.58 bits per heavy atom. The van der Waals surface area contributed by atoms with E-state index in [9.17, 15) is 8.78 Å². The summed E-state index contributed by atoms with van der Waals surface area (Å²) in [4.78, 5) is 0. The predicted octanol–water partition coefficient (Wildman–Crippen LogP) is 6.68. The van der Waals surface area contributed by atoms with E-state index in [1.165, 1.54) is 81.6 Å². The fourth-order valence-electron chi connectivity index (χ4n) is 4.95. The summed E-state index contributed by atoms with van der Waals surface area (Å²) in [5, 5.41) is 0. The van der Waals surface area contributed by atoms with Crippen molar-refractivity contribution in [2.24, 2.45) is 11.8 Å². The molecule has 0 bridgehead atoms. The molecule has 1 heterocycles. The van der Waals surface area contributed by atoms with Gasteiger partial charge in [-0.05, 0) is 48.3 Å². The van der Waals surface area contributed by atoms with Gasteiger partial charge in [0, 0.05) is 8.80 Å². The molecule has 1 aromatic rings. The minimum absolute atomic E-state index is 0.462. The number of halogens is 2. The molecule has 3 rings (SSSR count). The van der Waals surface area contributed by atoms with Gasteiger partial charge in [-0.1, -0.05) is 69.6 Å². The van der Waals surface area contributed by atoms with Crippen molar-refractivity contribution in [3.8, 4) is 0 Å². The number of hydrogen-bond acceptors (Lipinski definition) is 0. The second-order valence-corrected chi connectivity index (χ2v) is 11.7. The summed E-state index contributed by atoms with van der Waals surface area (Å²) in [7, 11) is -0.572. The van der Waals surface area contributed by atoms with Crippen molar-refractivity contribution in [2.75, 3.05) is 0 Å². The first-order chi connectivity index (χ1) is 11.7. The summed E-state index contributed by atoms with van der Waals surface area (Å²) in [6, 6.07) is 8.82. The fraction of sp³-hybridized carbons (Fsp3) is 0.714. The Labute approximate surface area is 147 Å². The van der Waals surface area contributed by atoms with Crippen LogP contribution >= 0.6 is 0 Å². The summed E-state index contributed by atoms with van der Waals surface area (Å²) in [6.45, 7) is 2.34. The molecule has 0 radical (unpaired) electrons. The highest BCUT2D eigenvalue weighted by molar-refractivity contribution is 6.59. The molecule has 24 heavy (non-hydrogen) atoms. The average Bonchev–Trinajstić information content (AvgIpc) is 2.63. The van der Waals surface area contributed by atoms with E-state index in [1.807, 2.05) is 0 Å². The van der Waals surface area contributed by atoms with Crippen molar-refractivity contribution >= 4 is 8.80 Å². The van der Waals surface area contributed by atoms with Crippen LogP contribution in [0.2, 0.25) is 18.1 Å². The zero-order valence-corrected chi connectivity index (χ0v) is 16.2. The maximum Gasteiger partial charge on any atom is 0.159 e. The second kappa shape index (κ2) is 8.60. The first kappa shape index (κ1) is 18.1. The van der Waals surface area contributed by atoms with Crippen LogP contribution in [0.4, 0.5) is 8.78 Å². The van der Waals surface area contributed by atoms with E-state index in [2.05, 4.69) is 6.92 Å². The highest BCUT2D eigenvalue weighted by Gasteiger charge is 2.26. The van der Waals surface area contributed by atoms with E-state index in [0.29, 0.717) is 5.92 Å². The van der Waals surface area contributed by atoms with Crippen LogP contribution in [0.5, 0.6) is 0 Å². The van der Waals surface area contributed by atoms with E-state index in [4.69, 9.17) is 0 Å². The van der Waals surface area contributed by atoms with Crippen molar-refractivity contribution in [3.05, 3.63) is 35.4 Å². The molecule has 0 amide bonds. The lowest BCUT2D eigenvalue weighted by Gasteiger charge is -2.31. The van der Waals surface area contributed by atoms with Gasteiger partial charge in [0.1, 0.15) is 0 Å². The van der Waals surface area contributed by atoms with E-state index < -0.39 is 20.4 Å². The van der Waals surface area contributed by atoms with Crippen LogP contribution in [0.3, 0.4) is 0 Å². The quantitative estimate of drug-likeness (QED) is 0.520. The molecule has 1 saturated carbocycles. The number of benzene rings is 1. The van der Waals surface area contributed by atoms with Crippen LogP contribution in [0, 0.1) is 23.5 Å². The molecule has 3 heteroatoms. The molecule has 134 valence electrons. The van der Waals surface area contributed by atoms with Gasteiger partial charge in [-0.25, -0.2) is 8.78 Å². The van der Waals surface area contributed by atoms with Gasteiger partial charge >= 0.3 is 0 Å². The smallest absolute Gasteiger partial charge is 0.159 e. The molecule has 0 aromatic heterocycles. The molecule has 0 atom stereocenters. The lowest BCUT2D eigenvalue weighted by atomic mass is 9.80. The molecular weight excluding hydrogens is 318 g/mol. The van der Waals surface area contributed by atoms with Crippen molar-refractivity contribution < 1.29 is 8.78 Å². The van der Waals surface area contributed by atoms with Gasteiger partial charge in [0.05, 0.1) is 0 Å². The topological polar surface area (TPSA) is 0 Å². The number of rotatable bonds is 5. The maximum atomic E-state index is 13.4. The maximum absolute atomic E-state index is 13.4. The first-order valence-electron chi connectivity index (χ1n) is 10.1. The van der Waals surface area contributed by atoms with Crippen molar-refractivity contribution in [3.63, 3.8) is 0 Å². The minimum atomic E-state index is -0.723. The average molecular weight is 351 g/mol. The Kier molecular flexibility index (Phi) is 6.48. The molecule has 0 nitrogen and oxygen atoms in total. The van der Waals surface area contributed by atoms with Crippen LogP contribution < -0.4 is 0 Å². The highest BCUT2D eigenvalue weighted by Crippen LogP contribution is 2.38. The van der Waals surface area contributed by atoms with Gasteiger partial charge in [-0.3, -0.25) is 0 Å². The minimum Gasteiger partial charge on any atom is -0.204 e. The van der Waals surface area contributed by atoms with Gasteiger partial charge in [-0.2, -0.15) is 0 Å². The Morgan fingerprint density at radius 1 is 0.917 bits per heavy atom. The molecule has 0 spiro atoms. The molecule has 0 unspecified atom stereocenters. The van der Waals surface area contributed by atoms with Crippen LogP contribution in [0.25, 0.3) is 0 Å². The first-order valence-corrected chi connectivity index (χ1v) is 12.6. The van der Waals surface area contributed by atoms with Crippen molar-refractivity contribution in [1.29, 1.82) is 0 Å². The van der Waals surface area contributed by atoms with Gasteiger partial charge < -0.3 is 0 Å². The molecule has 1 saturated heterocycles. The largest absolute Gasteiger partial charge is 0.204 e. The lowest BCUT2D eigenvalue weighted by Crippen LogP contribution is -2.22.